The van der Waals surface area contributed by atoms with Gasteiger partial charge in [0.2, 0.25) is 5.91 Å². The fraction of sp³-hybridized carbons (Fsp3) is 0.429. The topological polar surface area (TPSA) is 66.0 Å². The van der Waals surface area contributed by atoms with Crippen LogP contribution in [0.5, 0.6) is 0 Å². The van der Waals surface area contributed by atoms with Crippen molar-refractivity contribution in [2.45, 2.75) is 56.1 Å². The van der Waals surface area contributed by atoms with E-state index in [0.717, 1.165) is 18.5 Å². The summed E-state index contributed by atoms with van der Waals surface area (Å²) in [5.74, 6) is 0.499. The van der Waals surface area contributed by atoms with Gasteiger partial charge in [-0.15, -0.1) is 0 Å². The summed E-state index contributed by atoms with van der Waals surface area (Å²) < 4.78 is 0. The Morgan fingerprint density at radius 3 is 2.62 bits per heavy atom. The van der Waals surface area contributed by atoms with Crippen molar-refractivity contribution in [2.75, 3.05) is 0 Å². The molecule has 2 fully saturated rings. The van der Waals surface area contributed by atoms with E-state index in [-0.39, 0.29) is 24.0 Å². The molecule has 3 N–H and O–H groups in total. The van der Waals surface area contributed by atoms with Crippen molar-refractivity contribution < 1.29 is 4.79 Å². The zero-order chi connectivity index (χ0) is 17.8. The molecule has 1 aliphatic heterocycles. The molecular formula is C21H26N4O. The van der Waals surface area contributed by atoms with Crippen LogP contribution in [0.25, 0.3) is 0 Å². The number of carbonyl (C=O) groups excluding carboxylic acids is 1. The molecule has 4 atom stereocenters. The molecule has 2 aromatic rings. The number of nitrogens with one attached hydrogen (secondary N) is 3. The Labute approximate surface area is 154 Å². The SMILES string of the molecule is O=C(N[C@@H]1CCCC[C@H]1c1ccccc1)C1CC(c2ccccn2)NN1. The van der Waals surface area contributed by atoms with E-state index in [2.05, 4.69) is 45.4 Å². The highest BCUT2D eigenvalue weighted by Gasteiger charge is 2.34. The first-order chi connectivity index (χ1) is 12.8. The largest absolute Gasteiger partial charge is 0.351 e. The van der Waals surface area contributed by atoms with Gasteiger partial charge in [-0.05, 0) is 37.0 Å². The molecule has 1 saturated heterocycles. The normalized spacial score (nSPS) is 28.6. The second-order valence-corrected chi connectivity index (χ2v) is 7.30. The van der Waals surface area contributed by atoms with Gasteiger partial charge in [0, 0.05) is 18.2 Å². The van der Waals surface area contributed by atoms with Crippen LogP contribution in [-0.2, 0) is 4.79 Å². The number of benzene rings is 1. The highest BCUT2D eigenvalue weighted by Crippen LogP contribution is 2.33. The number of rotatable bonds is 4. The molecular weight excluding hydrogens is 324 g/mol. The van der Waals surface area contributed by atoms with Gasteiger partial charge in [-0.3, -0.25) is 9.78 Å². The zero-order valence-corrected chi connectivity index (χ0v) is 14.9. The van der Waals surface area contributed by atoms with Gasteiger partial charge in [0.05, 0.1) is 11.7 Å². The third-order valence-electron chi connectivity index (χ3n) is 5.59. The standard InChI is InChI=1S/C21H26N4O/c26-21(20-14-19(24-25-20)18-12-6-7-13-22-18)23-17-11-5-4-10-16(17)15-8-2-1-3-9-15/h1-3,6-9,12-13,16-17,19-20,24-25H,4-5,10-11,14H2,(H,23,26)/t16-,17+,19?,20?/m0/s1. The minimum atomic E-state index is -0.222. The number of hydrazine groups is 1. The first-order valence-corrected chi connectivity index (χ1v) is 9.58. The van der Waals surface area contributed by atoms with E-state index in [1.807, 2.05) is 24.3 Å². The van der Waals surface area contributed by atoms with E-state index in [4.69, 9.17) is 0 Å². The van der Waals surface area contributed by atoms with Crippen molar-refractivity contribution in [3.05, 3.63) is 66.0 Å². The maximum atomic E-state index is 12.8. The molecule has 2 unspecified atom stereocenters. The number of nitrogens with zero attached hydrogens (tertiary/aromatic N) is 1. The molecule has 0 spiro atoms. The van der Waals surface area contributed by atoms with Crippen LogP contribution in [0.2, 0.25) is 0 Å². The second kappa shape index (κ2) is 7.98. The summed E-state index contributed by atoms with van der Waals surface area (Å²) in [4.78, 5) is 17.2. The summed E-state index contributed by atoms with van der Waals surface area (Å²) in [6.45, 7) is 0. The van der Waals surface area contributed by atoms with Gasteiger partial charge in [-0.1, -0.05) is 49.2 Å². The minimum Gasteiger partial charge on any atom is -0.351 e. The lowest BCUT2D eigenvalue weighted by Gasteiger charge is -2.33. The van der Waals surface area contributed by atoms with Crippen molar-refractivity contribution in [1.82, 2.24) is 21.2 Å². The van der Waals surface area contributed by atoms with Gasteiger partial charge in [0.1, 0.15) is 6.04 Å². The fourth-order valence-corrected chi connectivity index (χ4v) is 4.19. The summed E-state index contributed by atoms with van der Waals surface area (Å²) in [5, 5.41) is 3.32. The van der Waals surface area contributed by atoms with E-state index in [1.54, 1.807) is 6.20 Å². The van der Waals surface area contributed by atoms with Crippen LogP contribution in [0.15, 0.2) is 54.7 Å². The van der Waals surface area contributed by atoms with Crippen molar-refractivity contribution in [2.24, 2.45) is 0 Å². The van der Waals surface area contributed by atoms with Gasteiger partial charge >= 0.3 is 0 Å². The fourth-order valence-electron chi connectivity index (χ4n) is 4.19. The molecule has 1 amide bonds. The van der Waals surface area contributed by atoms with E-state index in [9.17, 15) is 4.79 Å². The Morgan fingerprint density at radius 2 is 1.81 bits per heavy atom. The molecule has 2 aliphatic rings. The monoisotopic (exact) mass is 350 g/mol. The van der Waals surface area contributed by atoms with Crippen LogP contribution in [0, 0.1) is 0 Å². The molecule has 2 heterocycles. The molecule has 1 aromatic carbocycles. The molecule has 136 valence electrons. The average molecular weight is 350 g/mol. The lowest BCUT2D eigenvalue weighted by Crippen LogP contribution is -2.49. The van der Waals surface area contributed by atoms with Crippen molar-refractivity contribution in [1.29, 1.82) is 0 Å². The predicted molar refractivity (Wildman–Crippen MR) is 101 cm³/mol. The van der Waals surface area contributed by atoms with Crippen LogP contribution in [0.3, 0.4) is 0 Å². The smallest absolute Gasteiger partial charge is 0.238 e. The van der Waals surface area contributed by atoms with E-state index < -0.39 is 0 Å². The van der Waals surface area contributed by atoms with Crippen molar-refractivity contribution >= 4 is 5.91 Å². The van der Waals surface area contributed by atoms with Crippen molar-refractivity contribution in [3.63, 3.8) is 0 Å². The lowest BCUT2D eigenvalue weighted by atomic mass is 9.80. The molecule has 4 rings (SSSR count). The summed E-state index contributed by atoms with van der Waals surface area (Å²) >= 11 is 0. The van der Waals surface area contributed by atoms with Gasteiger partial charge in [0.25, 0.3) is 0 Å². The maximum absolute atomic E-state index is 12.8. The molecule has 0 radical (unpaired) electrons. The summed E-state index contributed by atoms with van der Waals surface area (Å²) in [5.41, 5.74) is 8.66. The highest BCUT2D eigenvalue weighted by molar-refractivity contribution is 5.82. The third kappa shape index (κ3) is 3.79. The van der Waals surface area contributed by atoms with Gasteiger partial charge < -0.3 is 5.32 Å². The Kier molecular flexibility index (Phi) is 5.27. The molecule has 0 bridgehead atoms. The molecule has 26 heavy (non-hydrogen) atoms. The maximum Gasteiger partial charge on any atom is 0.238 e. The van der Waals surface area contributed by atoms with Crippen LogP contribution in [-0.4, -0.2) is 23.0 Å². The Hall–Kier alpha value is -2.24. The third-order valence-corrected chi connectivity index (χ3v) is 5.59. The van der Waals surface area contributed by atoms with E-state index in [1.165, 1.54) is 18.4 Å². The number of carbonyl (C=O) groups is 1. The lowest BCUT2D eigenvalue weighted by molar-refractivity contribution is -0.124. The Balaban J connectivity index is 1.39. The van der Waals surface area contributed by atoms with Gasteiger partial charge in [-0.2, -0.15) is 0 Å². The van der Waals surface area contributed by atoms with E-state index in [0.29, 0.717) is 12.3 Å². The highest BCUT2D eigenvalue weighted by atomic mass is 16.2. The number of pyridine rings is 1. The predicted octanol–water partition coefficient (Wildman–Crippen LogP) is 2.83. The first-order valence-electron chi connectivity index (χ1n) is 9.58. The Bertz CT molecular complexity index is 721. The average Bonchev–Trinajstić information content (AvgIpc) is 3.20. The number of hydrogen-bond acceptors (Lipinski definition) is 4. The van der Waals surface area contributed by atoms with Crippen molar-refractivity contribution in [3.8, 4) is 0 Å². The summed E-state index contributed by atoms with van der Waals surface area (Å²) in [7, 11) is 0. The number of amides is 1. The number of aromatic nitrogens is 1. The van der Waals surface area contributed by atoms with Gasteiger partial charge in [-0.25, -0.2) is 10.9 Å². The van der Waals surface area contributed by atoms with Crippen LogP contribution < -0.4 is 16.2 Å². The summed E-state index contributed by atoms with van der Waals surface area (Å²) in [6.07, 6.45) is 7.11. The molecule has 5 nitrogen and oxygen atoms in total. The quantitative estimate of drug-likeness (QED) is 0.793. The second-order valence-electron chi connectivity index (χ2n) is 7.30. The first kappa shape index (κ1) is 17.2. The Morgan fingerprint density at radius 1 is 1.00 bits per heavy atom. The molecule has 5 heteroatoms. The molecule has 1 aliphatic carbocycles. The zero-order valence-electron chi connectivity index (χ0n) is 14.9. The minimum absolute atomic E-state index is 0.0724. The van der Waals surface area contributed by atoms with E-state index >= 15 is 0 Å². The number of hydrogen-bond donors (Lipinski definition) is 3. The summed E-state index contributed by atoms with van der Waals surface area (Å²) in [6, 6.07) is 16.5. The van der Waals surface area contributed by atoms with Crippen LogP contribution >= 0.6 is 0 Å². The van der Waals surface area contributed by atoms with Crippen LogP contribution in [0.4, 0.5) is 0 Å². The van der Waals surface area contributed by atoms with Gasteiger partial charge in [0.15, 0.2) is 0 Å². The molecule has 1 aromatic heterocycles. The van der Waals surface area contributed by atoms with Crippen LogP contribution in [0.1, 0.15) is 55.3 Å². The molecule has 1 saturated carbocycles.